The Kier molecular flexibility index (Phi) is 4.59. The number of hydrazine groups is 1. The van der Waals surface area contributed by atoms with Gasteiger partial charge in [-0.1, -0.05) is 33.6 Å². The maximum absolute atomic E-state index is 12.6. The summed E-state index contributed by atoms with van der Waals surface area (Å²) in [5.41, 5.74) is 3.68. The van der Waals surface area contributed by atoms with Crippen LogP contribution in [0.1, 0.15) is 5.56 Å². The molecule has 2 aromatic rings. The zero-order chi connectivity index (χ0) is 17.3. The van der Waals surface area contributed by atoms with Crippen LogP contribution in [-0.2, 0) is 9.59 Å². The van der Waals surface area contributed by atoms with Crippen molar-refractivity contribution >= 4 is 51.1 Å². The molecule has 0 saturated carbocycles. The highest BCUT2D eigenvalue weighted by Crippen LogP contribution is 2.28. The van der Waals surface area contributed by atoms with E-state index < -0.39 is 11.8 Å². The number of methoxy groups -OCH3 is 1. The van der Waals surface area contributed by atoms with Crippen molar-refractivity contribution in [2.75, 3.05) is 12.1 Å². The lowest BCUT2D eigenvalue weighted by molar-refractivity contribution is -0.117. The first kappa shape index (κ1) is 16.5. The van der Waals surface area contributed by atoms with Crippen molar-refractivity contribution in [2.24, 2.45) is 0 Å². The summed E-state index contributed by atoms with van der Waals surface area (Å²) in [6.45, 7) is 0. The summed E-state index contributed by atoms with van der Waals surface area (Å²) in [5, 5.41) is 1.69. The molecule has 1 heterocycles. The van der Waals surface area contributed by atoms with Crippen molar-refractivity contribution in [3.63, 3.8) is 0 Å². The lowest BCUT2D eigenvalue weighted by atomic mass is 10.1. The number of nitrogens with one attached hydrogen (secondary N) is 1. The summed E-state index contributed by atoms with van der Waals surface area (Å²) < 4.78 is 6.04. The second-order valence-electron chi connectivity index (χ2n) is 5.01. The Morgan fingerprint density at radius 3 is 2.71 bits per heavy atom. The molecule has 0 radical (unpaired) electrons. The number of carbonyl (C=O) groups excluding carboxylic acids is 2. The first-order valence-corrected chi connectivity index (χ1v) is 8.13. The summed E-state index contributed by atoms with van der Waals surface area (Å²) in [4.78, 5) is 24.8. The number of hydrogen-bond donors (Lipinski definition) is 1. The molecule has 0 spiro atoms. The van der Waals surface area contributed by atoms with Gasteiger partial charge in [0.05, 0.1) is 12.8 Å². The van der Waals surface area contributed by atoms with E-state index >= 15 is 0 Å². The number of rotatable bonds is 3. The Balaban J connectivity index is 1.99. The maximum Gasteiger partial charge on any atom is 0.282 e. The molecule has 0 aliphatic carbocycles. The third kappa shape index (κ3) is 3.16. The average molecular weight is 408 g/mol. The number of ether oxygens (including phenoxy) is 1. The van der Waals surface area contributed by atoms with Gasteiger partial charge in [0.25, 0.3) is 11.8 Å². The monoisotopic (exact) mass is 406 g/mol. The molecule has 2 aromatic carbocycles. The van der Waals surface area contributed by atoms with E-state index in [4.69, 9.17) is 16.3 Å². The average Bonchev–Trinajstić information content (AvgIpc) is 2.83. The normalized spacial score (nSPS) is 15.8. The molecule has 7 heteroatoms. The summed E-state index contributed by atoms with van der Waals surface area (Å²) >= 11 is 9.33. The molecule has 0 aromatic heterocycles. The van der Waals surface area contributed by atoms with Gasteiger partial charge in [-0.2, -0.15) is 0 Å². The van der Waals surface area contributed by atoms with Crippen LogP contribution in [0.5, 0.6) is 5.75 Å². The van der Waals surface area contributed by atoms with E-state index in [1.807, 2.05) is 6.07 Å². The molecular formula is C17H12BrClN2O3. The molecule has 5 nitrogen and oxygen atoms in total. The van der Waals surface area contributed by atoms with Gasteiger partial charge in [-0.25, -0.2) is 5.01 Å². The van der Waals surface area contributed by atoms with Crippen molar-refractivity contribution in [2.45, 2.75) is 0 Å². The van der Waals surface area contributed by atoms with E-state index in [1.54, 1.807) is 36.4 Å². The fourth-order valence-corrected chi connectivity index (χ4v) is 2.90. The van der Waals surface area contributed by atoms with E-state index in [0.717, 1.165) is 4.47 Å². The van der Waals surface area contributed by atoms with Crippen LogP contribution in [0, 0.1) is 0 Å². The Morgan fingerprint density at radius 1 is 1.21 bits per heavy atom. The zero-order valence-electron chi connectivity index (χ0n) is 12.5. The van der Waals surface area contributed by atoms with Gasteiger partial charge < -0.3 is 4.74 Å². The van der Waals surface area contributed by atoms with Gasteiger partial charge >= 0.3 is 0 Å². The molecule has 3 rings (SSSR count). The number of halogens is 2. The highest BCUT2D eigenvalue weighted by molar-refractivity contribution is 9.10. The van der Waals surface area contributed by atoms with Crippen molar-refractivity contribution in [3.05, 3.63) is 63.1 Å². The number of benzene rings is 2. The lowest BCUT2D eigenvalue weighted by Gasteiger charge is -2.14. The van der Waals surface area contributed by atoms with Gasteiger partial charge in [0.2, 0.25) is 0 Å². The topological polar surface area (TPSA) is 58.6 Å². The summed E-state index contributed by atoms with van der Waals surface area (Å²) in [6.07, 6.45) is 1.47. The molecule has 1 aliphatic heterocycles. The molecule has 1 saturated heterocycles. The number of anilines is 1. The number of carbonyl (C=O) groups is 2. The third-order valence-electron chi connectivity index (χ3n) is 3.45. The van der Waals surface area contributed by atoms with Gasteiger partial charge in [-0.05, 0) is 42.5 Å². The van der Waals surface area contributed by atoms with Crippen molar-refractivity contribution in [1.29, 1.82) is 0 Å². The quantitative estimate of drug-likeness (QED) is 0.625. The van der Waals surface area contributed by atoms with Crippen LogP contribution < -0.4 is 15.2 Å². The van der Waals surface area contributed by atoms with Crippen molar-refractivity contribution in [1.82, 2.24) is 5.43 Å². The SMILES string of the molecule is COc1ccc(Cl)cc1/C=C1\C(=O)NN(c2cccc(Br)c2)C1=O. The van der Waals surface area contributed by atoms with E-state index in [1.165, 1.54) is 18.2 Å². The molecule has 0 atom stereocenters. The summed E-state index contributed by atoms with van der Waals surface area (Å²) in [7, 11) is 1.51. The fraction of sp³-hybridized carbons (Fsp3) is 0.0588. The Morgan fingerprint density at radius 2 is 2.00 bits per heavy atom. The molecule has 24 heavy (non-hydrogen) atoms. The number of nitrogens with zero attached hydrogens (tertiary/aromatic N) is 1. The maximum atomic E-state index is 12.6. The fourth-order valence-electron chi connectivity index (χ4n) is 2.33. The Hall–Kier alpha value is -2.31. The number of hydrogen-bond acceptors (Lipinski definition) is 3. The highest BCUT2D eigenvalue weighted by atomic mass is 79.9. The van der Waals surface area contributed by atoms with Gasteiger partial charge in [-0.3, -0.25) is 15.0 Å². The Bertz CT molecular complexity index is 867. The lowest BCUT2D eigenvalue weighted by Crippen LogP contribution is -2.35. The summed E-state index contributed by atoms with van der Waals surface area (Å²) in [5.74, 6) is -0.407. The molecule has 0 unspecified atom stereocenters. The molecular weight excluding hydrogens is 396 g/mol. The van der Waals surface area contributed by atoms with Gasteiger partial charge in [0.15, 0.2) is 0 Å². The van der Waals surface area contributed by atoms with E-state index in [0.29, 0.717) is 22.0 Å². The molecule has 122 valence electrons. The van der Waals surface area contributed by atoms with Gasteiger partial charge in [-0.15, -0.1) is 0 Å². The second kappa shape index (κ2) is 6.67. The highest BCUT2D eigenvalue weighted by Gasteiger charge is 2.34. The van der Waals surface area contributed by atoms with Crippen molar-refractivity contribution < 1.29 is 14.3 Å². The van der Waals surface area contributed by atoms with Crippen LogP contribution in [0.25, 0.3) is 6.08 Å². The Labute approximate surface area is 152 Å². The number of amides is 2. The van der Waals surface area contributed by atoms with Crippen LogP contribution >= 0.6 is 27.5 Å². The minimum atomic E-state index is -0.484. The van der Waals surface area contributed by atoms with Crippen LogP contribution in [0.15, 0.2) is 52.5 Å². The minimum Gasteiger partial charge on any atom is -0.496 e. The molecule has 1 fully saturated rings. The standard InChI is InChI=1S/C17H12BrClN2O3/c1-24-15-6-5-12(19)7-10(15)8-14-16(22)20-21(17(14)23)13-4-2-3-11(18)9-13/h2-9H,1H3,(H,20,22)/b14-8+. The van der Waals surface area contributed by atoms with Crippen LogP contribution in [-0.4, -0.2) is 18.9 Å². The molecule has 1 N–H and O–H groups in total. The van der Waals surface area contributed by atoms with Crippen LogP contribution in [0.4, 0.5) is 5.69 Å². The largest absolute Gasteiger partial charge is 0.496 e. The second-order valence-corrected chi connectivity index (χ2v) is 6.36. The van der Waals surface area contributed by atoms with E-state index in [-0.39, 0.29) is 5.57 Å². The van der Waals surface area contributed by atoms with Gasteiger partial charge in [0, 0.05) is 15.1 Å². The third-order valence-corrected chi connectivity index (χ3v) is 4.18. The van der Waals surface area contributed by atoms with Crippen molar-refractivity contribution in [3.8, 4) is 5.75 Å². The first-order valence-electron chi connectivity index (χ1n) is 6.96. The predicted molar refractivity (Wildman–Crippen MR) is 95.8 cm³/mol. The zero-order valence-corrected chi connectivity index (χ0v) is 14.9. The van der Waals surface area contributed by atoms with Gasteiger partial charge in [0.1, 0.15) is 11.3 Å². The predicted octanol–water partition coefficient (Wildman–Crippen LogP) is 3.57. The molecule has 2 amide bonds. The van der Waals surface area contributed by atoms with E-state index in [2.05, 4.69) is 21.4 Å². The van der Waals surface area contributed by atoms with Crippen LogP contribution in [0.3, 0.4) is 0 Å². The van der Waals surface area contributed by atoms with E-state index in [9.17, 15) is 9.59 Å². The summed E-state index contributed by atoms with van der Waals surface area (Å²) in [6, 6.07) is 12.1. The van der Waals surface area contributed by atoms with Crippen LogP contribution in [0.2, 0.25) is 5.02 Å². The minimum absolute atomic E-state index is 0.00976. The smallest absolute Gasteiger partial charge is 0.282 e. The molecule has 1 aliphatic rings. The molecule has 0 bridgehead atoms. The first-order chi connectivity index (χ1) is 11.5.